The lowest BCUT2D eigenvalue weighted by Crippen LogP contribution is -2.30. The second kappa shape index (κ2) is 11.6. The van der Waals surface area contributed by atoms with Gasteiger partial charge in [0.25, 0.3) is 5.91 Å². The standard InChI is InChI=1S/C27H30ClN5OS2/c1-36(25-8-5-13-35-25)30-17-19-9-11-21(28)23(14-19)32-27-31-22-12-10-20(15-24(22)33-27)26(34)29-16-18-6-3-2-4-7-18/h5,8-15,18H,2-4,6-7,16-17H2,1H3,(H,29,34)(H2,31,32,33). The number of fused-ring (bicyclic) bond motifs is 1. The van der Waals surface area contributed by atoms with Crippen LogP contribution in [0, 0.1) is 5.92 Å². The summed E-state index contributed by atoms with van der Waals surface area (Å²) in [7, 11) is -0.134. The number of hydrogen-bond donors (Lipinski definition) is 3. The molecule has 2 heterocycles. The smallest absolute Gasteiger partial charge is 0.251 e. The Balaban J connectivity index is 1.26. The van der Waals surface area contributed by atoms with Crippen molar-refractivity contribution in [1.82, 2.24) is 15.3 Å². The van der Waals surface area contributed by atoms with Crippen LogP contribution >= 0.6 is 22.9 Å². The van der Waals surface area contributed by atoms with Crippen molar-refractivity contribution < 1.29 is 4.79 Å². The molecule has 4 aromatic rings. The molecule has 0 bridgehead atoms. The summed E-state index contributed by atoms with van der Waals surface area (Å²) >= 11 is 8.20. The predicted molar refractivity (Wildman–Crippen MR) is 152 cm³/mol. The van der Waals surface area contributed by atoms with Gasteiger partial charge in [-0.15, -0.1) is 11.3 Å². The van der Waals surface area contributed by atoms with Gasteiger partial charge in [0.2, 0.25) is 5.95 Å². The van der Waals surface area contributed by atoms with Crippen LogP contribution in [-0.2, 0) is 17.2 Å². The maximum atomic E-state index is 12.7. The number of hydrogen-bond acceptors (Lipinski definition) is 5. The van der Waals surface area contributed by atoms with E-state index in [-0.39, 0.29) is 16.6 Å². The second-order valence-corrected chi connectivity index (χ2v) is 12.4. The number of benzene rings is 2. The zero-order valence-corrected chi connectivity index (χ0v) is 22.6. The lowest BCUT2D eigenvalue weighted by Gasteiger charge is -2.21. The van der Waals surface area contributed by atoms with Crippen molar-refractivity contribution in [2.75, 3.05) is 18.1 Å². The highest BCUT2D eigenvalue weighted by Gasteiger charge is 2.16. The number of amides is 1. The number of aromatic nitrogens is 2. The Morgan fingerprint density at radius 2 is 2.06 bits per heavy atom. The molecule has 5 rings (SSSR count). The number of rotatable bonds is 8. The van der Waals surface area contributed by atoms with E-state index in [4.69, 9.17) is 16.0 Å². The number of anilines is 2. The summed E-state index contributed by atoms with van der Waals surface area (Å²) in [5.74, 6) is 1.14. The molecule has 1 saturated carbocycles. The minimum Gasteiger partial charge on any atom is -0.352 e. The van der Waals surface area contributed by atoms with Gasteiger partial charge in [-0.25, -0.2) is 4.98 Å². The lowest BCUT2D eigenvalue weighted by molar-refractivity contribution is 0.0943. The van der Waals surface area contributed by atoms with E-state index in [1.807, 2.05) is 36.4 Å². The summed E-state index contributed by atoms with van der Waals surface area (Å²) in [5, 5.41) is 9.10. The van der Waals surface area contributed by atoms with Crippen molar-refractivity contribution in [3.05, 3.63) is 70.1 Å². The van der Waals surface area contributed by atoms with Gasteiger partial charge in [0.15, 0.2) is 0 Å². The topological polar surface area (TPSA) is 82.2 Å². The minimum absolute atomic E-state index is 0.0384. The molecular weight excluding hydrogens is 510 g/mol. The number of nitrogens with zero attached hydrogens (tertiary/aromatic N) is 2. The highest BCUT2D eigenvalue weighted by molar-refractivity contribution is 7.88. The van der Waals surface area contributed by atoms with Crippen LogP contribution in [0.5, 0.6) is 0 Å². The molecule has 2 aromatic carbocycles. The number of thiophene rings is 1. The van der Waals surface area contributed by atoms with Crippen LogP contribution in [0.4, 0.5) is 11.6 Å². The highest BCUT2D eigenvalue weighted by atomic mass is 35.5. The van der Waals surface area contributed by atoms with Gasteiger partial charge in [-0.05, 0) is 72.4 Å². The van der Waals surface area contributed by atoms with Gasteiger partial charge >= 0.3 is 0 Å². The molecule has 6 nitrogen and oxygen atoms in total. The number of carbonyl (C=O) groups excluding carboxylic acids is 1. The highest BCUT2D eigenvalue weighted by Crippen LogP contribution is 2.28. The number of halogens is 1. The van der Waals surface area contributed by atoms with E-state index in [0.717, 1.165) is 28.8 Å². The fourth-order valence-corrected chi connectivity index (χ4v) is 6.74. The molecule has 36 heavy (non-hydrogen) atoms. The van der Waals surface area contributed by atoms with Gasteiger partial charge in [0.1, 0.15) is 0 Å². The molecule has 3 N–H and O–H groups in total. The van der Waals surface area contributed by atoms with Crippen molar-refractivity contribution in [2.24, 2.45) is 10.3 Å². The Kier molecular flexibility index (Phi) is 8.04. The summed E-state index contributed by atoms with van der Waals surface area (Å²) in [6, 6.07) is 15.6. The molecule has 1 aliphatic rings. The van der Waals surface area contributed by atoms with E-state index in [2.05, 4.69) is 44.4 Å². The minimum atomic E-state index is -0.134. The van der Waals surface area contributed by atoms with Crippen LogP contribution in [0.2, 0.25) is 5.02 Å². The average molecular weight is 540 g/mol. The Morgan fingerprint density at radius 3 is 2.86 bits per heavy atom. The second-order valence-electron chi connectivity index (χ2n) is 9.17. The molecule has 1 amide bonds. The Labute approximate surface area is 223 Å². The zero-order valence-electron chi connectivity index (χ0n) is 20.2. The number of H-pyrrole nitrogens is 1. The molecular formula is C27H30ClN5OS2. The largest absolute Gasteiger partial charge is 0.352 e. The van der Waals surface area contributed by atoms with Gasteiger partial charge in [0.05, 0.1) is 32.5 Å². The van der Waals surface area contributed by atoms with Crippen molar-refractivity contribution in [3.63, 3.8) is 0 Å². The molecule has 0 radical (unpaired) electrons. The van der Waals surface area contributed by atoms with E-state index >= 15 is 0 Å². The maximum absolute atomic E-state index is 12.7. The monoisotopic (exact) mass is 539 g/mol. The first kappa shape index (κ1) is 25.0. The van der Waals surface area contributed by atoms with Gasteiger partial charge in [-0.1, -0.05) is 53.7 Å². The summed E-state index contributed by atoms with van der Waals surface area (Å²) in [4.78, 5) is 20.6. The number of aromatic amines is 1. The van der Waals surface area contributed by atoms with Gasteiger partial charge in [0, 0.05) is 12.1 Å². The van der Waals surface area contributed by atoms with Crippen LogP contribution in [0.1, 0.15) is 48.0 Å². The van der Waals surface area contributed by atoms with Crippen LogP contribution in [0.3, 0.4) is 0 Å². The van der Waals surface area contributed by atoms with E-state index < -0.39 is 0 Å². The third-order valence-corrected chi connectivity index (χ3v) is 9.77. The van der Waals surface area contributed by atoms with Gasteiger partial charge < -0.3 is 15.6 Å². The fraction of sp³-hybridized carbons (Fsp3) is 0.333. The first-order chi connectivity index (χ1) is 17.5. The molecule has 0 saturated heterocycles. The zero-order chi connectivity index (χ0) is 24.9. The molecule has 2 aromatic heterocycles. The quantitative estimate of drug-likeness (QED) is 0.219. The maximum Gasteiger partial charge on any atom is 0.251 e. The Hall–Kier alpha value is -2.68. The third kappa shape index (κ3) is 6.17. The van der Waals surface area contributed by atoms with E-state index in [1.54, 1.807) is 11.3 Å². The van der Waals surface area contributed by atoms with Gasteiger partial charge in [-0.2, -0.15) is 0 Å². The molecule has 9 heteroatoms. The molecule has 1 unspecified atom stereocenters. The molecule has 1 atom stereocenters. The number of nitrogens with one attached hydrogen (secondary N) is 3. The molecule has 1 fully saturated rings. The third-order valence-electron chi connectivity index (χ3n) is 6.53. The fourth-order valence-electron chi connectivity index (χ4n) is 4.50. The van der Waals surface area contributed by atoms with Crippen LogP contribution < -0.4 is 10.6 Å². The van der Waals surface area contributed by atoms with Crippen molar-refractivity contribution >= 4 is 62.2 Å². The summed E-state index contributed by atoms with van der Waals surface area (Å²) in [6.07, 6.45) is 8.41. The predicted octanol–water partition coefficient (Wildman–Crippen LogP) is 7.32. The molecule has 0 spiro atoms. The Bertz CT molecular complexity index is 1380. The van der Waals surface area contributed by atoms with Crippen LogP contribution in [0.15, 0.2) is 62.5 Å². The number of carbonyl (C=O) groups is 1. The summed E-state index contributed by atoms with van der Waals surface area (Å²) in [5.41, 5.74) is 4.06. The number of imidazole rings is 1. The average Bonchev–Trinajstić information content (AvgIpc) is 3.58. The van der Waals surface area contributed by atoms with Crippen molar-refractivity contribution in [2.45, 2.75) is 42.9 Å². The molecule has 1 aliphatic carbocycles. The van der Waals surface area contributed by atoms with Crippen LogP contribution in [-0.4, -0.2) is 28.7 Å². The first-order valence-corrected chi connectivity index (χ1v) is 15.1. The molecule has 0 aliphatic heterocycles. The van der Waals surface area contributed by atoms with E-state index in [1.165, 1.54) is 36.3 Å². The normalized spacial score (nSPS) is 15.3. The van der Waals surface area contributed by atoms with Crippen LogP contribution in [0.25, 0.3) is 11.0 Å². The van der Waals surface area contributed by atoms with E-state index in [0.29, 0.717) is 29.0 Å². The van der Waals surface area contributed by atoms with E-state index in [9.17, 15) is 4.79 Å². The Morgan fingerprint density at radius 1 is 1.19 bits per heavy atom. The molecule has 188 valence electrons. The van der Waals surface area contributed by atoms with Crippen molar-refractivity contribution in [3.8, 4) is 0 Å². The SMILES string of the molecule is CS(=NCc1ccc(Cl)c(Nc2nc3ccc(C(=O)NCC4CCCCC4)cc3[nH]2)c1)c1cccs1. The lowest BCUT2D eigenvalue weighted by atomic mass is 9.89. The summed E-state index contributed by atoms with van der Waals surface area (Å²) < 4.78 is 6.11. The van der Waals surface area contributed by atoms with Crippen molar-refractivity contribution in [1.29, 1.82) is 0 Å². The summed E-state index contributed by atoms with van der Waals surface area (Å²) in [6.45, 7) is 1.36. The van der Waals surface area contributed by atoms with Gasteiger partial charge in [-0.3, -0.25) is 9.16 Å². The first-order valence-electron chi connectivity index (χ1n) is 12.3.